The highest BCUT2D eigenvalue weighted by Gasteiger charge is 2.19. The number of aromatic nitrogens is 2. The fourth-order valence-corrected chi connectivity index (χ4v) is 2.36. The molecular formula is C9H13N3S2. The van der Waals surface area contributed by atoms with Crippen molar-refractivity contribution < 1.29 is 0 Å². The molecule has 1 aromatic heterocycles. The zero-order valence-electron chi connectivity index (χ0n) is 7.90. The van der Waals surface area contributed by atoms with E-state index < -0.39 is 0 Å². The first kappa shape index (κ1) is 10.1. The van der Waals surface area contributed by atoms with E-state index >= 15 is 0 Å². The van der Waals surface area contributed by atoms with Crippen LogP contribution in [0.1, 0.15) is 12.8 Å². The highest BCUT2D eigenvalue weighted by Crippen LogP contribution is 2.21. The molecule has 1 N–H and O–H groups in total. The molecule has 3 nitrogen and oxygen atoms in total. The fourth-order valence-electron chi connectivity index (χ4n) is 1.02. The lowest BCUT2D eigenvalue weighted by atomic mass is 10.3. The first-order valence-corrected chi connectivity index (χ1v) is 6.40. The lowest BCUT2D eigenvalue weighted by Crippen LogP contribution is -2.19. The van der Waals surface area contributed by atoms with Gasteiger partial charge >= 0.3 is 0 Å². The van der Waals surface area contributed by atoms with Crippen LogP contribution in [0.25, 0.3) is 0 Å². The van der Waals surface area contributed by atoms with Crippen LogP contribution < -0.4 is 5.32 Å². The zero-order valence-corrected chi connectivity index (χ0v) is 9.53. The third-order valence-electron chi connectivity index (χ3n) is 1.96. The second kappa shape index (κ2) is 4.91. The van der Waals surface area contributed by atoms with E-state index in [2.05, 4.69) is 21.3 Å². The quantitative estimate of drug-likeness (QED) is 0.595. The third kappa shape index (κ3) is 3.40. The van der Waals surface area contributed by atoms with Gasteiger partial charge in [0.15, 0.2) is 4.34 Å². The second-order valence-corrected chi connectivity index (χ2v) is 5.40. The van der Waals surface area contributed by atoms with E-state index in [-0.39, 0.29) is 0 Å². The average Bonchev–Trinajstić information content (AvgIpc) is 2.87. The van der Waals surface area contributed by atoms with E-state index in [9.17, 15) is 0 Å². The van der Waals surface area contributed by atoms with Crippen molar-refractivity contribution >= 4 is 23.3 Å². The Kier molecular flexibility index (Phi) is 3.55. The van der Waals surface area contributed by atoms with Gasteiger partial charge in [-0.25, -0.2) is 4.98 Å². The Hall–Kier alpha value is -0.390. The molecule has 0 amide bonds. The van der Waals surface area contributed by atoms with E-state index in [4.69, 9.17) is 0 Å². The molecule has 0 aliphatic heterocycles. The van der Waals surface area contributed by atoms with E-state index in [1.54, 1.807) is 18.1 Å². The van der Waals surface area contributed by atoms with Crippen molar-refractivity contribution in [3.05, 3.63) is 18.5 Å². The minimum absolute atomic E-state index is 0.762. The van der Waals surface area contributed by atoms with Gasteiger partial charge in [0.1, 0.15) is 6.33 Å². The molecule has 0 spiro atoms. The summed E-state index contributed by atoms with van der Waals surface area (Å²) in [4.78, 5) is 4.10. The number of thioether (sulfide) groups is 1. The van der Waals surface area contributed by atoms with E-state index in [0.717, 1.165) is 22.7 Å². The van der Waals surface area contributed by atoms with E-state index in [1.165, 1.54) is 29.9 Å². The van der Waals surface area contributed by atoms with Crippen molar-refractivity contribution in [1.82, 2.24) is 14.7 Å². The van der Waals surface area contributed by atoms with E-state index in [1.807, 2.05) is 0 Å². The number of nitrogens with zero attached hydrogens (tertiary/aromatic N) is 2. The maximum absolute atomic E-state index is 4.10. The van der Waals surface area contributed by atoms with Crippen LogP contribution in [-0.4, -0.2) is 27.7 Å². The van der Waals surface area contributed by atoms with Gasteiger partial charge in [-0.05, 0) is 24.4 Å². The lowest BCUT2D eigenvalue weighted by Gasteiger charge is -2.04. The predicted octanol–water partition coefficient (Wildman–Crippen LogP) is 1.94. The minimum atomic E-state index is 0.762. The largest absolute Gasteiger partial charge is 0.310 e. The lowest BCUT2D eigenvalue weighted by molar-refractivity contribution is 0.736. The van der Waals surface area contributed by atoms with Crippen molar-refractivity contribution in [2.75, 3.05) is 12.3 Å². The zero-order chi connectivity index (χ0) is 9.80. The normalized spacial score (nSPS) is 15.7. The molecule has 14 heavy (non-hydrogen) atoms. The molecule has 0 atom stereocenters. The van der Waals surface area contributed by atoms with Gasteiger partial charge in [0.05, 0.1) is 0 Å². The van der Waals surface area contributed by atoms with E-state index in [0.29, 0.717) is 0 Å². The maximum Gasteiger partial charge on any atom is 0.170 e. The van der Waals surface area contributed by atoms with Crippen molar-refractivity contribution in [2.45, 2.75) is 23.2 Å². The van der Waals surface area contributed by atoms with Crippen LogP contribution in [0.5, 0.6) is 0 Å². The highest BCUT2D eigenvalue weighted by molar-refractivity contribution is 8.01. The van der Waals surface area contributed by atoms with Crippen LogP contribution in [0.4, 0.5) is 0 Å². The summed E-state index contributed by atoms with van der Waals surface area (Å²) in [7, 11) is 0. The second-order valence-electron chi connectivity index (χ2n) is 3.40. The Morgan fingerprint density at radius 1 is 1.71 bits per heavy atom. The summed E-state index contributed by atoms with van der Waals surface area (Å²) in [5, 5.41) is 3.44. The summed E-state index contributed by atoms with van der Waals surface area (Å²) in [6.07, 6.45) is 4.26. The molecule has 0 aromatic carbocycles. The molecular weight excluding hydrogens is 214 g/mol. The molecule has 76 valence electrons. The first-order valence-electron chi connectivity index (χ1n) is 4.64. The third-order valence-corrected chi connectivity index (χ3v) is 3.90. The molecule has 1 fully saturated rings. The van der Waals surface area contributed by atoms with Gasteiger partial charge in [-0.2, -0.15) is 4.37 Å². The van der Waals surface area contributed by atoms with Gasteiger partial charge in [-0.1, -0.05) is 23.9 Å². The molecule has 0 unspecified atom stereocenters. The van der Waals surface area contributed by atoms with Crippen molar-refractivity contribution in [3.8, 4) is 0 Å². The Bertz CT molecular complexity index is 293. The Balaban J connectivity index is 1.62. The topological polar surface area (TPSA) is 37.8 Å². The van der Waals surface area contributed by atoms with Crippen molar-refractivity contribution in [2.24, 2.45) is 0 Å². The molecule has 1 heterocycles. The first-order chi connectivity index (χ1) is 6.84. The van der Waals surface area contributed by atoms with Gasteiger partial charge < -0.3 is 5.32 Å². The van der Waals surface area contributed by atoms with Crippen LogP contribution in [0, 0.1) is 0 Å². The minimum Gasteiger partial charge on any atom is -0.310 e. The molecule has 5 heteroatoms. The molecule has 2 rings (SSSR count). The Morgan fingerprint density at radius 3 is 3.21 bits per heavy atom. The van der Waals surface area contributed by atoms with Crippen LogP contribution >= 0.6 is 23.3 Å². The molecule has 0 radical (unpaired) electrons. The van der Waals surface area contributed by atoms with Crippen LogP contribution in [0.15, 0.2) is 22.8 Å². The number of nitrogens with one attached hydrogen (secondary N) is 1. The summed E-state index contributed by atoms with van der Waals surface area (Å²) < 4.78 is 4.97. The van der Waals surface area contributed by atoms with Crippen molar-refractivity contribution in [1.29, 1.82) is 0 Å². The Morgan fingerprint density at radius 2 is 2.57 bits per heavy atom. The van der Waals surface area contributed by atoms with Crippen LogP contribution in [0.3, 0.4) is 0 Å². The van der Waals surface area contributed by atoms with Gasteiger partial charge in [0, 0.05) is 18.3 Å². The maximum atomic E-state index is 4.10. The van der Waals surface area contributed by atoms with Crippen LogP contribution in [0.2, 0.25) is 0 Å². The molecule has 1 aliphatic carbocycles. The van der Waals surface area contributed by atoms with Gasteiger partial charge in [-0.3, -0.25) is 0 Å². The monoisotopic (exact) mass is 227 g/mol. The SMILES string of the molecule is C=C(CNC1CC1)CSc1ncns1. The number of hydrogen-bond donors (Lipinski definition) is 1. The standard InChI is InChI=1S/C9H13N3S2/c1-7(4-10-8-2-3-8)5-13-9-11-6-12-14-9/h6,8,10H,1-5H2. The molecule has 0 saturated heterocycles. The summed E-state index contributed by atoms with van der Waals surface area (Å²) in [6.45, 7) is 4.97. The predicted molar refractivity (Wildman–Crippen MR) is 60.8 cm³/mol. The van der Waals surface area contributed by atoms with Crippen molar-refractivity contribution in [3.63, 3.8) is 0 Å². The summed E-state index contributed by atoms with van der Waals surface area (Å²) in [5.41, 5.74) is 1.23. The average molecular weight is 227 g/mol. The highest BCUT2D eigenvalue weighted by atomic mass is 32.2. The smallest absolute Gasteiger partial charge is 0.170 e. The van der Waals surface area contributed by atoms with Gasteiger partial charge in [0.2, 0.25) is 0 Å². The fraction of sp³-hybridized carbons (Fsp3) is 0.556. The summed E-state index contributed by atoms with van der Waals surface area (Å²) >= 11 is 3.15. The number of rotatable bonds is 6. The van der Waals surface area contributed by atoms with Gasteiger partial charge in [-0.15, -0.1) is 0 Å². The number of hydrogen-bond acceptors (Lipinski definition) is 5. The molecule has 1 saturated carbocycles. The van der Waals surface area contributed by atoms with Crippen LogP contribution in [-0.2, 0) is 0 Å². The molecule has 1 aliphatic rings. The molecule has 0 bridgehead atoms. The Labute approximate surface area is 92.2 Å². The molecule has 1 aromatic rings. The summed E-state index contributed by atoms with van der Waals surface area (Å²) in [5.74, 6) is 0.939. The summed E-state index contributed by atoms with van der Waals surface area (Å²) in [6, 6.07) is 0.762. The van der Waals surface area contributed by atoms with Gasteiger partial charge in [0.25, 0.3) is 0 Å².